The molecular formula is C47H72N4O19. The Morgan fingerprint density at radius 1 is 0.671 bits per heavy atom. The van der Waals surface area contributed by atoms with Crippen molar-refractivity contribution in [2.24, 2.45) is 5.92 Å². The van der Waals surface area contributed by atoms with Gasteiger partial charge in [-0.3, -0.25) is 24.5 Å². The van der Waals surface area contributed by atoms with Crippen LogP contribution in [0.15, 0.2) is 42.5 Å². The number of nitrogens with one attached hydrogen (secondary N) is 2. The summed E-state index contributed by atoms with van der Waals surface area (Å²) in [6.07, 6.45) is -3.32. The summed E-state index contributed by atoms with van der Waals surface area (Å²) >= 11 is 0. The number of amides is 3. The Hall–Kier alpha value is -5.53. The number of carbonyl (C=O) groups excluding carboxylic acids is 5. The number of rotatable bonds is 36. The van der Waals surface area contributed by atoms with Gasteiger partial charge in [0.2, 0.25) is 11.8 Å². The second kappa shape index (κ2) is 34.7. The molecular weight excluding hydrogens is 925 g/mol. The van der Waals surface area contributed by atoms with Gasteiger partial charge in [-0.05, 0) is 69.0 Å². The van der Waals surface area contributed by atoms with Gasteiger partial charge in [0.1, 0.15) is 24.0 Å². The van der Waals surface area contributed by atoms with Gasteiger partial charge in [-0.15, -0.1) is 0 Å². The summed E-state index contributed by atoms with van der Waals surface area (Å²) < 4.78 is 64.1. The highest BCUT2D eigenvalue weighted by Crippen LogP contribution is 2.22. The van der Waals surface area contributed by atoms with Gasteiger partial charge < -0.3 is 72.4 Å². The number of nitro groups is 1. The number of nitrogens with zero attached hydrogens (tertiary/aromatic N) is 2. The molecule has 0 saturated heterocycles. The zero-order chi connectivity index (χ0) is 51.7. The number of carbonyl (C=O) groups is 5. The summed E-state index contributed by atoms with van der Waals surface area (Å²) in [5.74, 6) is -2.00. The van der Waals surface area contributed by atoms with Crippen LogP contribution in [-0.4, -0.2) is 171 Å². The molecule has 0 aromatic heterocycles. The summed E-state index contributed by atoms with van der Waals surface area (Å²) in [6.45, 7) is 15.6. The van der Waals surface area contributed by atoms with Crippen LogP contribution in [0.2, 0.25) is 0 Å². The Kier molecular flexibility index (Phi) is 30.0. The van der Waals surface area contributed by atoms with E-state index in [4.69, 9.17) is 56.8 Å². The highest BCUT2D eigenvalue weighted by molar-refractivity contribution is 5.97. The first-order chi connectivity index (χ1) is 33.4. The number of ether oxygens (including phenoxy) is 12. The molecule has 2 atom stereocenters. The van der Waals surface area contributed by atoms with Gasteiger partial charge in [0.05, 0.1) is 110 Å². The lowest BCUT2D eigenvalue weighted by molar-refractivity contribution is -0.384. The average molecular weight is 997 g/mol. The Balaban J connectivity index is 1.84. The van der Waals surface area contributed by atoms with Crippen LogP contribution in [0.1, 0.15) is 59.1 Å². The van der Waals surface area contributed by atoms with E-state index in [-0.39, 0.29) is 50.1 Å². The Labute approximate surface area is 409 Å². The third kappa shape index (κ3) is 27.6. The molecule has 0 unspecified atom stereocenters. The smallest absolute Gasteiger partial charge is 0.429 e. The fourth-order valence-electron chi connectivity index (χ4n) is 5.63. The predicted molar refractivity (Wildman–Crippen MR) is 251 cm³/mol. The molecule has 0 spiro atoms. The van der Waals surface area contributed by atoms with Crippen molar-refractivity contribution in [3.8, 4) is 5.75 Å². The Bertz CT molecular complexity index is 1860. The normalized spacial score (nSPS) is 12.2. The van der Waals surface area contributed by atoms with Gasteiger partial charge in [-0.25, -0.2) is 9.59 Å². The average Bonchev–Trinajstić information content (AvgIpc) is 3.30. The molecule has 0 aliphatic rings. The van der Waals surface area contributed by atoms with E-state index in [2.05, 4.69) is 10.6 Å². The van der Waals surface area contributed by atoms with Crippen molar-refractivity contribution in [3.63, 3.8) is 0 Å². The van der Waals surface area contributed by atoms with Gasteiger partial charge in [0.15, 0.2) is 6.10 Å². The number of benzene rings is 2. The van der Waals surface area contributed by atoms with E-state index in [0.717, 1.165) is 0 Å². The minimum Gasteiger partial charge on any atom is -0.429 e. The number of hydrogen-bond acceptors (Lipinski definition) is 19. The molecule has 394 valence electrons. The molecule has 2 aromatic rings. The second-order valence-corrected chi connectivity index (χ2v) is 16.6. The van der Waals surface area contributed by atoms with Crippen LogP contribution in [0.25, 0.3) is 0 Å². The van der Waals surface area contributed by atoms with Gasteiger partial charge in [-0.2, -0.15) is 0 Å². The zero-order valence-electron chi connectivity index (χ0n) is 41.7. The molecule has 0 bridgehead atoms. The van der Waals surface area contributed by atoms with Crippen LogP contribution in [0, 0.1) is 16.0 Å². The standard InChI is InChI=1S/C47H72N4O19/c1-34(2)42(69-46(56)70-47(4,5)6)44(54)48-35(3)43(53)49-38-10-9-36(33-67-45(55)68-40-13-11-39(12-14-40)51(57)58)37(31-38)32-50(7)41(52)15-16-60-19-20-62-23-24-64-27-28-66-30-29-65-26-25-63-22-21-61-18-17-59-8/h9-14,31,34-35,42H,15-30,32-33H2,1-8H3,(H,48,54)(H,49,53)/t35-,42-/m0/s1. The summed E-state index contributed by atoms with van der Waals surface area (Å²) in [5, 5.41) is 16.3. The van der Waals surface area contributed by atoms with Gasteiger partial charge in [0, 0.05) is 38.5 Å². The maximum Gasteiger partial charge on any atom is 0.514 e. The van der Waals surface area contributed by atoms with E-state index < -0.39 is 52.7 Å². The summed E-state index contributed by atoms with van der Waals surface area (Å²) in [6, 6.07) is 8.47. The highest BCUT2D eigenvalue weighted by Gasteiger charge is 2.31. The highest BCUT2D eigenvalue weighted by atomic mass is 16.7. The van der Waals surface area contributed by atoms with Crippen LogP contribution in [0.4, 0.5) is 21.0 Å². The van der Waals surface area contributed by atoms with Crippen molar-refractivity contribution in [2.45, 2.75) is 78.9 Å². The van der Waals surface area contributed by atoms with Crippen molar-refractivity contribution in [1.82, 2.24) is 10.2 Å². The topological polar surface area (TPSA) is 267 Å². The van der Waals surface area contributed by atoms with E-state index in [9.17, 15) is 34.1 Å². The maximum absolute atomic E-state index is 13.3. The number of non-ortho nitro benzene ring substituents is 1. The Morgan fingerprint density at radius 3 is 1.64 bits per heavy atom. The van der Waals surface area contributed by atoms with Gasteiger partial charge in [0.25, 0.3) is 11.6 Å². The molecule has 0 heterocycles. The quantitative estimate of drug-likeness (QED) is 0.0304. The molecule has 0 fully saturated rings. The summed E-state index contributed by atoms with van der Waals surface area (Å²) in [7, 11) is 3.20. The minimum absolute atomic E-state index is 0.0186. The van der Waals surface area contributed by atoms with Gasteiger partial charge in [-0.1, -0.05) is 19.9 Å². The zero-order valence-corrected chi connectivity index (χ0v) is 41.7. The molecule has 23 nitrogen and oxygen atoms in total. The van der Waals surface area contributed by atoms with Crippen molar-refractivity contribution in [2.75, 3.05) is 119 Å². The van der Waals surface area contributed by atoms with Crippen LogP contribution in [-0.2, 0) is 79.6 Å². The first-order valence-electron chi connectivity index (χ1n) is 22.9. The van der Waals surface area contributed by atoms with E-state index in [0.29, 0.717) is 103 Å². The fourth-order valence-corrected chi connectivity index (χ4v) is 5.63. The lowest BCUT2D eigenvalue weighted by Gasteiger charge is -2.25. The largest absolute Gasteiger partial charge is 0.514 e. The molecule has 0 saturated carbocycles. The van der Waals surface area contributed by atoms with Crippen LogP contribution in [0.3, 0.4) is 0 Å². The first kappa shape index (κ1) is 60.6. The molecule has 0 aliphatic heterocycles. The van der Waals surface area contributed by atoms with Crippen molar-refractivity contribution < 1.29 is 85.7 Å². The number of nitro benzene ring substituents is 1. The number of hydrogen-bond donors (Lipinski definition) is 2. The third-order valence-electron chi connectivity index (χ3n) is 9.25. The van der Waals surface area contributed by atoms with Gasteiger partial charge >= 0.3 is 12.3 Å². The van der Waals surface area contributed by atoms with Crippen molar-refractivity contribution in [3.05, 3.63) is 63.7 Å². The van der Waals surface area contributed by atoms with E-state index in [1.165, 1.54) is 36.1 Å². The molecule has 0 aliphatic carbocycles. The van der Waals surface area contributed by atoms with Crippen molar-refractivity contribution in [1.29, 1.82) is 0 Å². The summed E-state index contributed by atoms with van der Waals surface area (Å²) in [5.41, 5.74) is 0.208. The molecule has 0 radical (unpaired) electrons. The lowest BCUT2D eigenvalue weighted by Crippen LogP contribution is -2.49. The van der Waals surface area contributed by atoms with E-state index in [1.54, 1.807) is 67.0 Å². The maximum atomic E-state index is 13.3. The fraction of sp³-hybridized carbons (Fsp3) is 0.638. The SMILES string of the molecule is COCCOCCOCCOCCOCCOCCOCCOCCC(=O)N(C)Cc1cc(NC(=O)[C@H](C)NC(=O)[C@@H](OC(=O)OC(C)(C)C)C(C)C)ccc1COC(=O)Oc1ccc([N+](=O)[O-])cc1. The lowest BCUT2D eigenvalue weighted by atomic mass is 10.1. The van der Waals surface area contributed by atoms with E-state index >= 15 is 0 Å². The monoisotopic (exact) mass is 996 g/mol. The minimum atomic E-state index is -1.24. The van der Waals surface area contributed by atoms with E-state index in [1.807, 2.05) is 0 Å². The van der Waals surface area contributed by atoms with Crippen LogP contribution >= 0.6 is 0 Å². The molecule has 3 amide bonds. The molecule has 2 rings (SSSR count). The van der Waals surface area contributed by atoms with Crippen LogP contribution < -0.4 is 15.4 Å². The predicted octanol–water partition coefficient (Wildman–Crippen LogP) is 4.84. The molecule has 2 aromatic carbocycles. The second-order valence-electron chi connectivity index (χ2n) is 16.6. The van der Waals surface area contributed by atoms with Crippen molar-refractivity contribution >= 4 is 41.4 Å². The summed E-state index contributed by atoms with van der Waals surface area (Å²) in [4.78, 5) is 76.3. The molecule has 70 heavy (non-hydrogen) atoms. The Morgan fingerprint density at radius 2 is 1.17 bits per heavy atom. The molecule has 2 N–H and O–H groups in total. The molecule has 23 heteroatoms. The first-order valence-corrected chi connectivity index (χ1v) is 22.9. The number of anilines is 1. The third-order valence-corrected chi connectivity index (χ3v) is 9.25. The van der Waals surface area contributed by atoms with Crippen LogP contribution in [0.5, 0.6) is 5.75 Å². The number of methoxy groups -OCH3 is 1.